The van der Waals surface area contributed by atoms with E-state index < -0.39 is 7.12 Å². The SMILES string of the molecule is Cc1cc(B(O)O)cc(C)c1N=C(c1ccccc1)c1ccccc1. The summed E-state index contributed by atoms with van der Waals surface area (Å²) < 4.78 is 0. The maximum absolute atomic E-state index is 9.42. The molecule has 0 aliphatic heterocycles. The Morgan fingerprint density at radius 2 is 1.20 bits per heavy atom. The number of aryl methyl sites for hydroxylation is 2. The molecule has 0 bridgehead atoms. The summed E-state index contributed by atoms with van der Waals surface area (Å²) in [6.45, 7) is 3.87. The minimum Gasteiger partial charge on any atom is -0.423 e. The van der Waals surface area contributed by atoms with E-state index in [0.29, 0.717) is 5.46 Å². The zero-order valence-electron chi connectivity index (χ0n) is 14.3. The van der Waals surface area contributed by atoms with Gasteiger partial charge in [0.05, 0.1) is 11.4 Å². The first-order chi connectivity index (χ1) is 12.1. The summed E-state index contributed by atoms with van der Waals surface area (Å²) in [5.74, 6) is 0. The van der Waals surface area contributed by atoms with Crippen LogP contribution in [0.15, 0.2) is 77.8 Å². The quantitative estimate of drug-likeness (QED) is 0.571. The van der Waals surface area contributed by atoms with Gasteiger partial charge in [0, 0.05) is 11.1 Å². The molecule has 0 unspecified atom stereocenters. The Bertz CT molecular complexity index is 826. The first kappa shape index (κ1) is 17.1. The molecule has 0 radical (unpaired) electrons. The number of rotatable bonds is 4. The molecule has 0 saturated carbocycles. The number of benzene rings is 3. The lowest BCUT2D eigenvalue weighted by Gasteiger charge is -2.12. The predicted octanol–water partition coefficient (Wildman–Crippen LogP) is 3.15. The second-order valence-corrected chi connectivity index (χ2v) is 6.07. The summed E-state index contributed by atoms with van der Waals surface area (Å²) in [6, 6.07) is 23.7. The predicted molar refractivity (Wildman–Crippen MR) is 104 cm³/mol. The van der Waals surface area contributed by atoms with Crippen molar-refractivity contribution in [2.75, 3.05) is 0 Å². The summed E-state index contributed by atoms with van der Waals surface area (Å²) in [4.78, 5) is 4.95. The highest BCUT2D eigenvalue weighted by Crippen LogP contribution is 2.25. The first-order valence-corrected chi connectivity index (χ1v) is 8.23. The summed E-state index contributed by atoms with van der Waals surface area (Å²) in [5, 5.41) is 18.8. The van der Waals surface area contributed by atoms with Gasteiger partial charge in [0.1, 0.15) is 0 Å². The van der Waals surface area contributed by atoms with Crippen molar-refractivity contribution >= 4 is 24.0 Å². The van der Waals surface area contributed by atoms with Crippen LogP contribution in [0.2, 0.25) is 0 Å². The third-order valence-electron chi connectivity index (χ3n) is 4.13. The number of hydrogen-bond donors (Lipinski definition) is 2. The van der Waals surface area contributed by atoms with Crippen molar-refractivity contribution < 1.29 is 10.0 Å². The molecule has 3 aromatic carbocycles. The van der Waals surface area contributed by atoms with E-state index in [1.165, 1.54) is 0 Å². The van der Waals surface area contributed by atoms with Gasteiger partial charge >= 0.3 is 7.12 Å². The number of aliphatic imine (C=N–C) groups is 1. The molecule has 3 nitrogen and oxygen atoms in total. The normalized spacial score (nSPS) is 10.4. The minimum absolute atomic E-state index is 0.481. The van der Waals surface area contributed by atoms with Crippen LogP contribution in [0.3, 0.4) is 0 Å². The van der Waals surface area contributed by atoms with Gasteiger partial charge in [0.15, 0.2) is 0 Å². The molecule has 4 heteroatoms. The summed E-state index contributed by atoms with van der Waals surface area (Å²) in [7, 11) is -1.47. The topological polar surface area (TPSA) is 52.8 Å². The Morgan fingerprint density at radius 1 is 0.760 bits per heavy atom. The maximum atomic E-state index is 9.42. The van der Waals surface area contributed by atoms with E-state index in [1.807, 2.05) is 74.5 Å². The molecular weight excluding hydrogens is 309 g/mol. The van der Waals surface area contributed by atoms with Crippen molar-refractivity contribution in [3.05, 3.63) is 95.1 Å². The molecule has 0 amide bonds. The maximum Gasteiger partial charge on any atom is 0.488 e. The van der Waals surface area contributed by atoms with Crippen LogP contribution in [0, 0.1) is 13.8 Å². The molecule has 124 valence electrons. The van der Waals surface area contributed by atoms with Crippen LogP contribution in [0.1, 0.15) is 22.3 Å². The zero-order chi connectivity index (χ0) is 17.8. The Labute approximate surface area is 148 Å². The smallest absolute Gasteiger partial charge is 0.423 e. The van der Waals surface area contributed by atoms with Gasteiger partial charge < -0.3 is 10.0 Å². The fourth-order valence-electron chi connectivity index (χ4n) is 2.91. The van der Waals surface area contributed by atoms with Crippen molar-refractivity contribution in [2.24, 2.45) is 4.99 Å². The van der Waals surface area contributed by atoms with Gasteiger partial charge in [0.2, 0.25) is 0 Å². The molecule has 0 saturated heterocycles. The van der Waals surface area contributed by atoms with Crippen molar-refractivity contribution in [1.82, 2.24) is 0 Å². The van der Waals surface area contributed by atoms with Gasteiger partial charge in [-0.05, 0) is 30.4 Å². The molecule has 3 rings (SSSR count). The largest absolute Gasteiger partial charge is 0.488 e. The van der Waals surface area contributed by atoms with Crippen LogP contribution in [0.4, 0.5) is 5.69 Å². The van der Waals surface area contributed by atoms with Gasteiger partial charge in [-0.2, -0.15) is 0 Å². The van der Waals surface area contributed by atoms with E-state index in [4.69, 9.17) is 4.99 Å². The van der Waals surface area contributed by atoms with Gasteiger partial charge in [-0.3, -0.25) is 0 Å². The lowest BCUT2D eigenvalue weighted by molar-refractivity contribution is 0.425. The van der Waals surface area contributed by atoms with Crippen molar-refractivity contribution in [1.29, 1.82) is 0 Å². The first-order valence-electron chi connectivity index (χ1n) is 8.23. The lowest BCUT2D eigenvalue weighted by Crippen LogP contribution is -2.30. The molecule has 0 aliphatic rings. The molecule has 0 aromatic heterocycles. The van der Waals surface area contributed by atoms with Gasteiger partial charge in [0.25, 0.3) is 0 Å². The third kappa shape index (κ3) is 3.87. The Balaban J connectivity index is 2.18. The average molecular weight is 329 g/mol. The zero-order valence-corrected chi connectivity index (χ0v) is 14.3. The molecule has 25 heavy (non-hydrogen) atoms. The summed E-state index contributed by atoms with van der Waals surface area (Å²) >= 11 is 0. The fraction of sp³-hybridized carbons (Fsp3) is 0.0952. The second kappa shape index (κ2) is 7.47. The van der Waals surface area contributed by atoms with Gasteiger partial charge in [-0.15, -0.1) is 0 Å². The van der Waals surface area contributed by atoms with Crippen LogP contribution in [-0.4, -0.2) is 22.9 Å². The summed E-state index contributed by atoms with van der Waals surface area (Å²) in [5.41, 5.74) is 6.13. The van der Waals surface area contributed by atoms with E-state index in [9.17, 15) is 10.0 Å². The van der Waals surface area contributed by atoms with Crippen LogP contribution >= 0.6 is 0 Å². The van der Waals surface area contributed by atoms with E-state index >= 15 is 0 Å². The molecule has 0 spiro atoms. The Kier molecular flexibility index (Phi) is 5.12. The standard InChI is InChI=1S/C21H20BNO2/c1-15-13-19(22(24)25)14-16(2)20(15)23-21(17-9-5-3-6-10-17)18-11-7-4-8-12-18/h3-14,24-25H,1-2H3. The monoisotopic (exact) mass is 329 g/mol. The highest BCUT2D eigenvalue weighted by molar-refractivity contribution is 6.58. The Hall–Kier alpha value is -2.69. The summed E-state index contributed by atoms with van der Waals surface area (Å²) in [6.07, 6.45) is 0. The molecule has 0 aliphatic carbocycles. The van der Waals surface area contributed by atoms with Gasteiger partial charge in [-0.25, -0.2) is 4.99 Å². The van der Waals surface area contributed by atoms with Crippen molar-refractivity contribution in [2.45, 2.75) is 13.8 Å². The van der Waals surface area contributed by atoms with Crippen molar-refractivity contribution in [3.63, 3.8) is 0 Å². The van der Waals surface area contributed by atoms with E-state index in [2.05, 4.69) is 0 Å². The molecule has 0 atom stereocenters. The molecular formula is C21H20BNO2. The third-order valence-corrected chi connectivity index (χ3v) is 4.13. The minimum atomic E-state index is -1.47. The van der Waals surface area contributed by atoms with Crippen LogP contribution in [-0.2, 0) is 0 Å². The highest BCUT2D eigenvalue weighted by atomic mass is 16.4. The second-order valence-electron chi connectivity index (χ2n) is 6.07. The van der Waals surface area contributed by atoms with E-state index in [-0.39, 0.29) is 0 Å². The Morgan fingerprint density at radius 3 is 1.60 bits per heavy atom. The fourth-order valence-corrected chi connectivity index (χ4v) is 2.91. The van der Waals surface area contributed by atoms with E-state index in [1.54, 1.807) is 12.1 Å². The average Bonchev–Trinajstić information content (AvgIpc) is 2.62. The highest BCUT2D eigenvalue weighted by Gasteiger charge is 2.15. The van der Waals surface area contributed by atoms with Crippen LogP contribution in [0.25, 0.3) is 0 Å². The van der Waals surface area contributed by atoms with Crippen molar-refractivity contribution in [3.8, 4) is 0 Å². The van der Waals surface area contributed by atoms with E-state index in [0.717, 1.165) is 33.7 Å². The lowest BCUT2D eigenvalue weighted by atomic mass is 9.78. The van der Waals surface area contributed by atoms with Crippen LogP contribution < -0.4 is 5.46 Å². The number of hydrogen-bond acceptors (Lipinski definition) is 3. The molecule has 2 N–H and O–H groups in total. The van der Waals surface area contributed by atoms with Crippen LogP contribution in [0.5, 0.6) is 0 Å². The number of nitrogens with zero attached hydrogens (tertiary/aromatic N) is 1. The molecule has 3 aromatic rings. The molecule has 0 heterocycles. The molecule has 0 fully saturated rings. The van der Waals surface area contributed by atoms with Gasteiger partial charge in [-0.1, -0.05) is 72.8 Å².